The van der Waals surface area contributed by atoms with E-state index < -0.39 is 11.8 Å². The zero-order chi connectivity index (χ0) is 27.7. The Hall–Kier alpha value is -4.08. The molecule has 2 aromatic carbocycles. The summed E-state index contributed by atoms with van der Waals surface area (Å²) < 4.78 is 32.6. The molecular weight excluding hydrogens is 506 g/mol. The number of halogens is 2. The number of ether oxygens (including phenoxy) is 1. The van der Waals surface area contributed by atoms with E-state index in [-0.39, 0.29) is 53.4 Å². The lowest BCUT2D eigenvalue weighted by Crippen LogP contribution is -2.49. The summed E-state index contributed by atoms with van der Waals surface area (Å²) in [6.07, 6.45) is 1.98. The summed E-state index contributed by atoms with van der Waals surface area (Å²) in [6, 6.07) is 11.9. The standard InChI is InChI=1S/C29H30F2N4O4/c1-17(2)27(36)35-15-23(18-3-5-19(30)6-4-18)24-14-34(12-11-26(24)35)29-32-13-22(28(37)38)25(33-29)16-39-21-9-7-20(31)8-10-21/h3-10,13,17,23-24,26H,11-12,14-16H2,1-2H3,(H,37,38)/t23-,24+,26+/m1/s1. The normalized spacial score (nSPS) is 20.7. The number of likely N-dealkylation sites (tertiary alicyclic amines) is 1. The van der Waals surface area contributed by atoms with E-state index >= 15 is 0 Å². The van der Waals surface area contributed by atoms with Crippen LogP contribution in [0.15, 0.2) is 54.7 Å². The van der Waals surface area contributed by atoms with Crippen LogP contribution < -0.4 is 9.64 Å². The summed E-state index contributed by atoms with van der Waals surface area (Å²) in [7, 11) is 0. The summed E-state index contributed by atoms with van der Waals surface area (Å²) in [5.74, 6) is -1.07. The second-order valence-electron chi connectivity index (χ2n) is 10.3. The molecule has 0 radical (unpaired) electrons. The van der Waals surface area contributed by atoms with Gasteiger partial charge in [-0.3, -0.25) is 4.79 Å². The minimum atomic E-state index is -1.17. The van der Waals surface area contributed by atoms with E-state index in [1.807, 2.05) is 23.6 Å². The quantitative estimate of drug-likeness (QED) is 0.475. The van der Waals surface area contributed by atoms with E-state index in [9.17, 15) is 23.5 Å². The zero-order valence-corrected chi connectivity index (χ0v) is 21.8. The molecular formula is C29H30F2N4O4. The molecule has 8 nitrogen and oxygen atoms in total. The number of benzene rings is 2. The van der Waals surface area contributed by atoms with Crippen LogP contribution in [0.25, 0.3) is 0 Å². The number of carbonyl (C=O) groups excluding carboxylic acids is 1. The predicted molar refractivity (Wildman–Crippen MR) is 140 cm³/mol. The molecule has 2 saturated heterocycles. The molecule has 1 aromatic heterocycles. The van der Waals surface area contributed by atoms with Gasteiger partial charge in [0.1, 0.15) is 29.6 Å². The van der Waals surface area contributed by atoms with Gasteiger partial charge in [-0.2, -0.15) is 0 Å². The molecule has 5 rings (SSSR count). The fraction of sp³-hybridized carbons (Fsp3) is 0.379. The maximum Gasteiger partial charge on any atom is 0.339 e. The first-order valence-electron chi connectivity index (χ1n) is 13.0. The summed E-state index contributed by atoms with van der Waals surface area (Å²) in [5.41, 5.74) is 1.11. The minimum absolute atomic E-state index is 0.0145. The summed E-state index contributed by atoms with van der Waals surface area (Å²) >= 11 is 0. The van der Waals surface area contributed by atoms with Crippen molar-refractivity contribution in [3.63, 3.8) is 0 Å². The van der Waals surface area contributed by atoms with Crippen LogP contribution in [-0.4, -0.2) is 57.5 Å². The lowest BCUT2D eigenvalue weighted by molar-refractivity contribution is -0.135. The Balaban J connectivity index is 1.40. The van der Waals surface area contributed by atoms with E-state index in [0.29, 0.717) is 37.8 Å². The van der Waals surface area contributed by atoms with Crippen molar-refractivity contribution in [3.05, 3.63) is 83.2 Å². The number of carboxylic acid groups (broad SMARTS) is 1. The molecule has 10 heteroatoms. The van der Waals surface area contributed by atoms with E-state index in [2.05, 4.69) is 9.97 Å². The highest BCUT2D eigenvalue weighted by Crippen LogP contribution is 2.42. The molecule has 3 heterocycles. The number of rotatable bonds is 7. The maximum atomic E-state index is 13.7. The Morgan fingerprint density at radius 2 is 1.72 bits per heavy atom. The number of fused-ring (bicyclic) bond motifs is 1. The molecule has 0 bridgehead atoms. The summed E-state index contributed by atoms with van der Waals surface area (Å²) in [6.45, 7) is 5.36. The number of amides is 1. The van der Waals surface area contributed by atoms with Crippen LogP contribution >= 0.6 is 0 Å². The second-order valence-corrected chi connectivity index (χ2v) is 10.3. The molecule has 0 spiro atoms. The number of anilines is 1. The SMILES string of the molecule is CC(C)C(=O)N1C[C@H](c2ccc(F)cc2)[C@@H]2CN(c3ncc(C(=O)O)c(COc4ccc(F)cc4)n3)CC[C@@H]21. The van der Waals surface area contributed by atoms with Crippen LogP contribution in [-0.2, 0) is 11.4 Å². The van der Waals surface area contributed by atoms with Gasteiger partial charge in [-0.1, -0.05) is 26.0 Å². The van der Waals surface area contributed by atoms with Gasteiger partial charge >= 0.3 is 5.97 Å². The van der Waals surface area contributed by atoms with Gasteiger partial charge in [-0.25, -0.2) is 23.5 Å². The van der Waals surface area contributed by atoms with Crippen molar-refractivity contribution in [3.8, 4) is 5.75 Å². The number of hydrogen-bond donors (Lipinski definition) is 1. The Labute approximate surface area is 225 Å². The number of aromatic nitrogens is 2. The first kappa shape index (κ1) is 26.5. The van der Waals surface area contributed by atoms with Crippen molar-refractivity contribution < 1.29 is 28.2 Å². The highest BCUT2D eigenvalue weighted by Gasteiger charge is 2.47. The first-order chi connectivity index (χ1) is 18.7. The Kier molecular flexibility index (Phi) is 7.45. The van der Waals surface area contributed by atoms with Gasteiger partial charge < -0.3 is 19.6 Å². The van der Waals surface area contributed by atoms with Gasteiger partial charge in [-0.15, -0.1) is 0 Å². The maximum absolute atomic E-state index is 13.7. The average molecular weight is 537 g/mol. The van der Waals surface area contributed by atoms with Crippen molar-refractivity contribution >= 4 is 17.8 Å². The fourth-order valence-electron chi connectivity index (χ4n) is 5.59. The largest absolute Gasteiger partial charge is 0.487 e. The van der Waals surface area contributed by atoms with Gasteiger partial charge in [0, 0.05) is 49.6 Å². The van der Waals surface area contributed by atoms with Gasteiger partial charge in [-0.05, 0) is 48.4 Å². The van der Waals surface area contributed by atoms with Crippen LogP contribution in [0.3, 0.4) is 0 Å². The fourth-order valence-corrected chi connectivity index (χ4v) is 5.59. The molecule has 39 heavy (non-hydrogen) atoms. The molecule has 0 unspecified atom stereocenters. The van der Waals surface area contributed by atoms with Gasteiger partial charge in [0.15, 0.2) is 0 Å². The molecule has 1 N–H and O–H groups in total. The summed E-state index contributed by atoms with van der Waals surface area (Å²) in [4.78, 5) is 37.8. The molecule has 0 aliphatic carbocycles. The second kappa shape index (κ2) is 11.0. The van der Waals surface area contributed by atoms with Gasteiger partial charge in [0.2, 0.25) is 11.9 Å². The van der Waals surface area contributed by atoms with Crippen LogP contribution in [0.1, 0.15) is 47.8 Å². The van der Waals surface area contributed by atoms with Gasteiger partial charge in [0.25, 0.3) is 0 Å². The number of aromatic carboxylic acids is 1. The van der Waals surface area contributed by atoms with E-state index in [1.165, 1.54) is 42.6 Å². The third-order valence-electron chi connectivity index (χ3n) is 7.56. The molecule has 2 aliphatic rings. The molecule has 2 aliphatic heterocycles. The number of hydrogen-bond acceptors (Lipinski definition) is 6. The van der Waals surface area contributed by atoms with Crippen LogP contribution in [0.5, 0.6) is 5.75 Å². The van der Waals surface area contributed by atoms with Crippen molar-refractivity contribution in [2.24, 2.45) is 11.8 Å². The smallest absolute Gasteiger partial charge is 0.339 e. The number of piperidine rings is 1. The molecule has 0 saturated carbocycles. The molecule has 1 amide bonds. The third kappa shape index (κ3) is 5.55. The predicted octanol–water partition coefficient (Wildman–Crippen LogP) is 4.51. The molecule has 3 atom stereocenters. The topological polar surface area (TPSA) is 95.9 Å². The van der Waals surface area contributed by atoms with Crippen molar-refractivity contribution in [2.45, 2.75) is 38.8 Å². The highest BCUT2D eigenvalue weighted by molar-refractivity contribution is 5.88. The van der Waals surface area contributed by atoms with Crippen LogP contribution in [0, 0.1) is 23.5 Å². The van der Waals surface area contributed by atoms with E-state index in [1.54, 1.807) is 12.1 Å². The molecule has 2 fully saturated rings. The first-order valence-corrected chi connectivity index (χ1v) is 13.0. The third-order valence-corrected chi connectivity index (χ3v) is 7.56. The van der Waals surface area contributed by atoms with Crippen LogP contribution in [0.4, 0.5) is 14.7 Å². The monoisotopic (exact) mass is 536 g/mol. The number of carbonyl (C=O) groups is 2. The average Bonchev–Trinajstić information content (AvgIpc) is 3.31. The van der Waals surface area contributed by atoms with Crippen molar-refractivity contribution in [2.75, 3.05) is 24.5 Å². The lowest BCUT2D eigenvalue weighted by Gasteiger charge is -2.39. The zero-order valence-electron chi connectivity index (χ0n) is 21.8. The van der Waals surface area contributed by atoms with Crippen LogP contribution in [0.2, 0.25) is 0 Å². The minimum Gasteiger partial charge on any atom is -0.487 e. The molecule has 204 valence electrons. The van der Waals surface area contributed by atoms with E-state index in [4.69, 9.17) is 4.74 Å². The highest BCUT2D eigenvalue weighted by atomic mass is 19.1. The van der Waals surface area contributed by atoms with Crippen molar-refractivity contribution in [1.29, 1.82) is 0 Å². The van der Waals surface area contributed by atoms with Crippen molar-refractivity contribution in [1.82, 2.24) is 14.9 Å². The molecule has 3 aromatic rings. The Morgan fingerprint density at radius 1 is 1.05 bits per heavy atom. The van der Waals surface area contributed by atoms with Gasteiger partial charge in [0.05, 0.1) is 5.69 Å². The van der Waals surface area contributed by atoms with E-state index in [0.717, 1.165) is 5.56 Å². The Bertz CT molecular complexity index is 1350. The Morgan fingerprint density at radius 3 is 2.36 bits per heavy atom. The number of nitrogens with zero attached hydrogens (tertiary/aromatic N) is 4. The lowest BCUT2D eigenvalue weighted by atomic mass is 9.82. The number of carboxylic acids is 1. The summed E-state index contributed by atoms with van der Waals surface area (Å²) in [5, 5.41) is 9.67.